The summed E-state index contributed by atoms with van der Waals surface area (Å²) in [7, 11) is 0. The summed E-state index contributed by atoms with van der Waals surface area (Å²) in [5.41, 5.74) is -0.540. The number of hydrogen-bond donors (Lipinski definition) is 2. The number of nitro groups is 1. The quantitative estimate of drug-likeness (QED) is 0.372. The summed E-state index contributed by atoms with van der Waals surface area (Å²) < 4.78 is 38.2. The van der Waals surface area contributed by atoms with Crippen LogP contribution in [0.3, 0.4) is 0 Å². The summed E-state index contributed by atoms with van der Waals surface area (Å²) in [4.78, 5) is 24.7. The lowest BCUT2D eigenvalue weighted by atomic mass is 10.0. The molecule has 2 rings (SSSR count). The van der Waals surface area contributed by atoms with Crippen molar-refractivity contribution in [3.63, 3.8) is 0 Å². The Morgan fingerprint density at radius 1 is 1.30 bits per heavy atom. The van der Waals surface area contributed by atoms with Crippen LogP contribution in [0.4, 0.5) is 24.5 Å². The van der Waals surface area contributed by atoms with E-state index in [4.69, 9.17) is 0 Å². The molecule has 0 atom stereocenters. The van der Waals surface area contributed by atoms with Crippen molar-refractivity contribution in [2.45, 2.75) is 45.3 Å². The van der Waals surface area contributed by atoms with E-state index in [1.54, 1.807) is 0 Å². The van der Waals surface area contributed by atoms with Gasteiger partial charge < -0.3 is 10.6 Å². The zero-order valence-electron chi connectivity index (χ0n) is 17.1. The maximum Gasteiger partial charge on any atom is 0.416 e. The lowest BCUT2D eigenvalue weighted by molar-refractivity contribution is -0.384. The van der Waals surface area contributed by atoms with Crippen molar-refractivity contribution < 1.29 is 22.9 Å². The second kappa shape index (κ2) is 10.4. The highest BCUT2D eigenvalue weighted by molar-refractivity contribution is 5.77. The molecule has 1 fully saturated rings. The normalized spacial score (nSPS) is 15.5. The van der Waals surface area contributed by atoms with Gasteiger partial charge in [0.2, 0.25) is 5.91 Å². The molecule has 0 bridgehead atoms. The van der Waals surface area contributed by atoms with E-state index in [2.05, 4.69) is 35.5 Å². The first-order valence-electron chi connectivity index (χ1n) is 9.81. The van der Waals surface area contributed by atoms with Gasteiger partial charge in [0, 0.05) is 44.7 Å². The number of hydrogen-bond acceptors (Lipinski definition) is 5. The van der Waals surface area contributed by atoms with Gasteiger partial charge in [-0.3, -0.25) is 19.8 Å². The smallest absolute Gasteiger partial charge is 0.379 e. The molecule has 0 saturated carbocycles. The Balaban J connectivity index is 1.80. The molecule has 0 aromatic heterocycles. The molecule has 1 saturated heterocycles. The molecule has 1 aliphatic rings. The predicted octanol–water partition coefficient (Wildman–Crippen LogP) is 3.96. The molecule has 0 radical (unpaired) electrons. The molecule has 0 spiro atoms. The van der Waals surface area contributed by atoms with Crippen LogP contribution in [0, 0.1) is 10.1 Å². The SMILES string of the molecule is CC(C)=CCN1CCC(NC(=O)CCNc2ccc(C(F)(F)F)cc2[N+](=O)[O-])CC1. The molecular weight excluding hydrogens is 401 g/mol. The van der Waals surface area contributed by atoms with Crippen molar-refractivity contribution >= 4 is 17.3 Å². The van der Waals surface area contributed by atoms with Gasteiger partial charge in [-0.1, -0.05) is 11.6 Å². The molecule has 30 heavy (non-hydrogen) atoms. The number of likely N-dealkylation sites (tertiary alicyclic amines) is 1. The largest absolute Gasteiger partial charge is 0.416 e. The van der Waals surface area contributed by atoms with Crippen LogP contribution in [0.1, 0.15) is 38.7 Å². The third-order valence-electron chi connectivity index (χ3n) is 4.90. The van der Waals surface area contributed by atoms with E-state index in [9.17, 15) is 28.1 Å². The minimum atomic E-state index is -4.66. The van der Waals surface area contributed by atoms with Crippen molar-refractivity contribution in [3.8, 4) is 0 Å². The summed E-state index contributed by atoms with van der Waals surface area (Å²) in [6.45, 7) is 6.88. The van der Waals surface area contributed by atoms with Crippen molar-refractivity contribution in [1.29, 1.82) is 0 Å². The Labute approximate surface area is 173 Å². The molecule has 0 aliphatic carbocycles. The molecule has 1 amide bonds. The van der Waals surface area contributed by atoms with Gasteiger partial charge in [-0.2, -0.15) is 13.2 Å². The number of carbonyl (C=O) groups excluding carboxylic acids is 1. The highest BCUT2D eigenvalue weighted by Gasteiger charge is 2.33. The fourth-order valence-corrected chi connectivity index (χ4v) is 3.19. The van der Waals surface area contributed by atoms with Gasteiger partial charge in [0.1, 0.15) is 5.69 Å². The first kappa shape index (κ1) is 23.7. The zero-order chi connectivity index (χ0) is 22.3. The monoisotopic (exact) mass is 428 g/mol. The zero-order valence-corrected chi connectivity index (χ0v) is 17.1. The number of rotatable bonds is 8. The van der Waals surface area contributed by atoms with Crippen LogP contribution in [0.25, 0.3) is 0 Å². The summed E-state index contributed by atoms with van der Waals surface area (Å²) in [6.07, 6.45) is -0.730. The predicted molar refractivity (Wildman–Crippen MR) is 108 cm³/mol. The highest BCUT2D eigenvalue weighted by atomic mass is 19.4. The number of halogens is 3. The molecule has 10 heteroatoms. The van der Waals surface area contributed by atoms with Gasteiger partial charge in [-0.25, -0.2) is 0 Å². The first-order valence-corrected chi connectivity index (χ1v) is 9.81. The number of benzene rings is 1. The Hall–Kier alpha value is -2.62. The van der Waals surface area contributed by atoms with Gasteiger partial charge in [0.05, 0.1) is 10.5 Å². The summed E-state index contributed by atoms with van der Waals surface area (Å²) in [6, 6.07) is 2.37. The highest BCUT2D eigenvalue weighted by Crippen LogP contribution is 2.34. The van der Waals surface area contributed by atoms with Gasteiger partial charge >= 0.3 is 6.18 Å². The number of amides is 1. The molecule has 1 aromatic carbocycles. The number of nitro benzene ring substituents is 1. The topological polar surface area (TPSA) is 87.5 Å². The third-order valence-corrected chi connectivity index (χ3v) is 4.90. The maximum absolute atomic E-state index is 12.7. The summed E-state index contributed by atoms with van der Waals surface area (Å²) in [5, 5.41) is 16.7. The van der Waals surface area contributed by atoms with Gasteiger partial charge in [-0.05, 0) is 38.8 Å². The van der Waals surface area contributed by atoms with E-state index in [-0.39, 0.29) is 30.6 Å². The van der Waals surface area contributed by atoms with Crippen LogP contribution in [-0.2, 0) is 11.0 Å². The fraction of sp³-hybridized carbons (Fsp3) is 0.550. The van der Waals surface area contributed by atoms with Crippen LogP contribution in [0.15, 0.2) is 29.8 Å². The second-order valence-electron chi connectivity index (χ2n) is 7.59. The minimum absolute atomic E-state index is 0.0478. The Morgan fingerprint density at radius 3 is 2.53 bits per heavy atom. The van der Waals surface area contributed by atoms with E-state index >= 15 is 0 Å². The van der Waals surface area contributed by atoms with Gasteiger partial charge in [-0.15, -0.1) is 0 Å². The second-order valence-corrected chi connectivity index (χ2v) is 7.59. The molecule has 7 nitrogen and oxygen atoms in total. The number of piperidine rings is 1. The Kier molecular flexibility index (Phi) is 8.22. The Morgan fingerprint density at radius 2 is 1.97 bits per heavy atom. The number of nitrogens with one attached hydrogen (secondary N) is 2. The van der Waals surface area contributed by atoms with E-state index in [0.29, 0.717) is 6.07 Å². The Bertz CT molecular complexity index is 784. The first-order chi connectivity index (χ1) is 14.1. The van der Waals surface area contributed by atoms with Crippen LogP contribution < -0.4 is 10.6 Å². The number of alkyl halides is 3. The molecule has 1 aliphatic heterocycles. The van der Waals surface area contributed by atoms with E-state index in [1.807, 2.05) is 0 Å². The fourth-order valence-electron chi connectivity index (χ4n) is 3.19. The third kappa shape index (κ3) is 7.33. The lowest BCUT2D eigenvalue weighted by Gasteiger charge is -2.31. The maximum atomic E-state index is 12.7. The van der Waals surface area contributed by atoms with Crippen LogP contribution in [0.5, 0.6) is 0 Å². The number of allylic oxidation sites excluding steroid dienone is 1. The summed E-state index contributed by atoms with van der Waals surface area (Å²) >= 11 is 0. The van der Waals surface area contributed by atoms with E-state index in [1.165, 1.54) is 5.57 Å². The molecule has 2 N–H and O–H groups in total. The molecule has 166 valence electrons. The van der Waals surface area contributed by atoms with Crippen LogP contribution >= 0.6 is 0 Å². The number of carbonyl (C=O) groups is 1. The standard InChI is InChI=1S/C20H27F3N4O3/c1-14(2)6-10-26-11-7-16(8-12-26)25-19(28)5-9-24-17-4-3-15(20(21,22)23)13-18(17)27(29)30/h3-4,6,13,16,24H,5,7-12H2,1-2H3,(H,25,28). The van der Waals surface area contributed by atoms with Crippen LogP contribution in [0.2, 0.25) is 0 Å². The average molecular weight is 428 g/mol. The van der Waals surface area contributed by atoms with Gasteiger partial charge in [0.25, 0.3) is 5.69 Å². The summed E-state index contributed by atoms with van der Waals surface area (Å²) in [5.74, 6) is -0.195. The lowest BCUT2D eigenvalue weighted by Crippen LogP contribution is -2.44. The molecule has 1 heterocycles. The number of nitrogens with zero attached hydrogens (tertiary/aromatic N) is 2. The molecule has 0 unspecified atom stereocenters. The molecule has 1 aromatic rings. The van der Waals surface area contributed by atoms with Crippen molar-refractivity contribution in [3.05, 3.63) is 45.5 Å². The van der Waals surface area contributed by atoms with Crippen molar-refractivity contribution in [2.75, 3.05) is 31.5 Å². The van der Waals surface area contributed by atoms with E-state index < -0.39 is 22.4 Å². The number of anilines is 1. The van der Waals surface area contributed by atoms with Gasteiger partial charge in [0.15, 0.2) is 0 Å². The molecular formula is C20H27F3N4O3. The van der Waals surface area contributed by atoms with Crippen LogP contribution in [-0.4, -0.2) is 48.0 Å². The van der Waals surface area contributed by atoms with Crippen molar-refractivity contribution in [1.82, 2.24) is 10.2 Å². The van der Waals surface area contributed by atoms with Crippen molar-refractivity contribution in [2.24, 2.45) is 0 Å². The average Bonchev–Trinajstić information content (AvgIpc) is 2.66. The van der Waals surface area contributed by atoms with E-state index in [0.717, 1.165) is 44.6 Å². The minimum Gasteiger partial charge on any atom is -0.379 e.